The average molecular weight is 676 g/mol. The summed E-state index contributed by atoms with van der Waals surface area (Å²) < 4.78 is 7.26. The molecule has 183 valence electrons. The zero-order chi connectivity index (χ0) is 24.5. The van der Waals surface area contributed by atoms with E-state index >= 15 is 0 Å². The molecule has 0 spiro atoms. The summed E-state index contributed by atoms with van der Waals surface area (Å²) in [5.74, 6) is 0. The summed E-state index contributed by atoms with van der Waals surface area (Å²) in [7, 11) is 0. The van der Waals surface area contributed by atoms with Gasteiger partial charge in [0.05, 0.1) is 10.3 Å². The van der Waals surface area contributed by atoms with Crippen LogP contribution in [0.3, 0.4) is 0 Å². The van der Waals surface area contributed by atoms with Crippen molar-refractivity contribution >= 4 is 43.5 Å². The Balaban J connectivity index is 0.000000183. The van der Waals surface area contributed by atoms with E-state index in [1.165, 1.54) is 15.0 Å². The van der Waals surface area contributed by atoms with E-state index < -0.39 is 0 Å². The fourth-order valence-corrected chi connectivity index (χ4v) is 5.07. The maximum atomic E-state index is 6.06. The molecule has 0 aliphatic heterocycles. The number of aromatic nitrogens is 3. The van der Waals surface area contributed by atoms with Crippen molar-refractivity contribution in [2.24, 2.45) is 0 Å². The third-order valence-corrected chi connectivity index (χ3v) is 6.87. The summed E-state index contributed by atoms with van der Waals surface area (Å²) >= 11 is 1.76. The normalized spacial score (nSPS) is 10.8. The second kappa shape index (κ2) is 10.7. The van der Waals surface area contributed by atoms with Crippen molar-refractivity contribution in [2.75, 3.05) is 0 Å². The van der Waals surface area contributed by atoms with Crippen molar-refractivity contribution in [2.45, 2.75) is 13.8 Å². The molecule has 0 unspecified atom stereocenters. The molecule has 0 saturated carbocycles. The van der Waals surface area contributed by atoms with Crippen LogP contribution in [0.25, 0.3) is 54.7 Å². The van der Waals surface area contributed by atoms with Gasteiger partial charge >= 0.3 is 0 Å². The molecule has 5 aromatic heterocycles. The fourth-order valence-electron chi connectivity index (χ4n) is 4.19. The SMILES string of the molecule is Cc1ccc2c(n1)oc1c(-c3cc4cc(C)sc4cn3)[c-]ccc12.[Ir].[c-]1ccccc1-c1ccccn1. The monoisotopic (exact) mass is 676 g/mol. The van der Waals surface area contributed by atoms with E-state index in [9.17, 15) is 0 Å². The van der Waals surface area contributed by atoms with Crippen LogP contribution in [0, 0.1) is 26.0 Å². The summed E-state index contributed by atoms with van der Waals surface area (Å²) in [4.78, 5) is 14.6. The topological polar surface area (TPSA) is 51.8 Å². The van der Waals surface area contributed by atoms with Gasteiger partial charge in [-0.3, -0.25) is 0 Å². The van der Waals surface area contributed by atoms with Crippen molar-refractivity contribution < 1.29 is 24.5 Å². The largest absolute Gasteiger partial charge is 0.486 e. The number of hydrogen-bond donors (Lipinski definition) is 0. The van der Waals surface area contributed by atoms with Crippen LogP contribution in [-0.2, 0) is 20.1 Å². The molecule has 0 amide bonds. The van der Waals surface area contributed by atoms with E-state index in [1.54, 1.807) is 17.5 Å². The number of aryl methyl sites for hydroxylation is 2. The molecule has 0 saturated heterocycles. The van der Waals surface area contributed by atoms with E-state index in [0.29, 0.717) is 5.71 Å². The van der Waals surface area contributed by atoms with Gasteiger partial charge in [-0.25, -0.2) is 4.98 Å². The van der Waals surface area contributed by atoms with Crippen LogP contribution in [0.5, 0.6) is 0 Å². The molecule has 4 nitrogen and oxygen atoms in total. The quantitative estimate of drug-likeness (QED) is 0.173. The summed E-state index contributed by atoms with van der Waals surface area (Å²) in [5, 5.41) is 3.28. The van der Waals surface area contributed by atoms with Gasteiger partial charge in [0, 0.05) is 48.5 Å². The minimum absolute atomic E-state index is 0. The van der Waals surface area contributed by atoms with Crippen LogP contribution >= 0.6 is 11.3 Å². The van der Waals surface area contributed by atoms with E-state index in [4.69, 9.17) is 4.42 Å². The third kappa shape index (κ3) is 5.09. The molecule has 1 radical (unpaired) electrons. The molecule has 0 N–H and O–H groups in total. The number of hydrogen-bond acceptors (Lipinski definition) is 5. The first-order chi connectivity index (χ1) is 17.7. The Morgan fingerprint density at radius 3 is 2.51 bits per heavy atom. The van der Waals surface area contributed by atoms with Crippen LogP contribution in [-0.4, -0.2) is 15.0 Å². The van der Waals surface area contributed by atoms with Crippen LogP contribution < -0.4 is 0 Å². The molecule has 5 heterocycles. The Morgan fingerprint density at radius 1 is 0.811 bits per heavy atom. The molecule has 0 aliphatic rings. The van der Waals surface area contributed by atoms with Gasteiger partial charge in [0.15, 0.2) is 0 Å². The van der Waals surface area contributed by atoms with Crippen LogP contribution in [0.4, 0.5) is 0 Å². The van der Waals surface area contributed by atoms with Gasteiger partial charge in [-0.05, 0) is 54.9 Å². The number of thiophene rings is 1. The van der Waals surface area contributed by atoms with Gasteiger partial charge in [0.1, 0.15) is 0 Å². The Hall–Kier alpha value is -3.70. The van der Waals surface area contributed by atoms with Gasteiger partial charge in [0.25, 0.3) is 0 Å². The van der Waals surface area contributed by atoms with Gasteiger partial charge in [-0.2, -0.15) is 0 Å². The fraction of sp³-hybridized carbons (Fsp3) is 0.0645. The molecular weight excluding hydrogens is 655 g/mol. The Labute approximate surface area is 232 Å². The molecule has 0 aliphatic carbocycles. The second-order valence-electron chi connectivity index (χ2n) is 8.46. The maximum Gasteiger partial charge on any atom is 0.216 e. The molecule has 0 fully saturated rings. The van der Waals surface area contributed by atoms with E-state index in [0.717, 1.165) is 44.6 Å². The Kier molecular flexibility index (Phi) is 7.24. The molecule has 2 aromatic carbocycles. The molecular formula is C31H21IrN3OS-2. The van der Waals surface area contributed by atoms with Gasteiger partial charge in [-0.15, -0.1) is 65.4 Å². The molecule has 6 heteroatoms. The number of furan rings is 1. The van der Waals surface area contributed by atoms with Gasteiger partial charge in [0.2, 0.25) is 5.71 Å². The molecule has 0 bridgehead atoms. The summed E-state index contributed by atoms with van der Waals surface area (Å²) in [6.07, 6.45) is 3.72. The first-order valence-electron chi connectivity index (χ1n) is 11.6. The van der Waals surface area contributed by atoms with Crippen LogP contribution in [0.15, 0.2) is 95.7 Å². The summed E-state index contributed by atoms with van der Waals surface area (Å²) in [5.41, 5.74) is 6.18. The number of benzene rings is 2. The molecule has 7 rings (SSSR count). The number of nitrogens with zero attached hydrogens (tertiary/aromatic N) is 3. The van der Waals surface area contributed by atoms with Crippen molar-refractivity contribution in [3.8, 4) is 22.5 Å². The van der Waals surface area contributed by atoms with Crippen LogP contribution in [0.2, 0.25) is 0 Å². The number of rotatable bonds is 2. The van der Waals surface area contributed by atoms with Gasteiger partial charge in [-0.1, -0.05) is 29.1 Å². The number of pyridine rings is 3. The van der Waals surface area contributed by atoms with Crippen molar-refractivity contribution in [1.29, 1.82) is 0 Å². The zero-order valence-corrected chi connectivity index (χ0v) is 23.4. The van der Waals surface area contributed by atoms with E-state index in [1.807, 2.05) is 73.8 Å². The van der Waals surface area contributed by atoms with E-state index in [2.05, 4.69) is 52.2 Å². The number of fused-ring (bicyclic) bond motifs is 4. The average Bonchev–Trinajstić information content (AvgIpc) is 3.48. The second-order valence-corrected chi connectivity index (χ2v) is 9.75. The first kappa shape index (κ1) is 25.0. The molecule has 37 heavy (non-hydrogen) atoms. The molecule has 7 aromatic rings. The van der Waals surface area contributed by atoms with Crippen molar-refractivity contribution in [3.05, 3.63) is 114 Å². The Morgan fingerprint density at radius 2 is 1.70 bits per heavy atom. The third-order valence-electron chi connectivity index (χ3n) is 5.87. The van der Waals surface area contributed by atoms with Gasteiger partial charge < -0.3 is 14.4 Å². The predicted molar refractivity (Wildman–Crippen MR) is 147 cm³/mol. The predicted octanol–water partition coefficient (Wildman–Crippen LogP) is 8.22. The van der Waals surface area contributed by atoms with E-state index in [-0.39, 0.29) is 20.1 Å². The first-order valence-corrected chi connectivity index (χ1v) is 12.4. The summed E-state index contributed by atoms with van der Waals surface area (Å²) in [6.45, 7) is 4.08. The zero-order valence-electron chi connectivity index (χ0n) is 20.2. The van der Waals surface area contributed by atoms with Crippen LogP contribution in [0.1, 0.15) is 10.6 Å². The summed E-state index contributed by atoms with van der Waals surface area (Å²) in [6, 6.07) is 32.4. The Bertz CT molecular complexity index is 1770. The maximum absolute atomic E-state index is 6.06. The standard InChI is InChI=1S/C20H13N2OS.C11H8N.Ir/c1-11-6-7-15-14-4-3-5-16(19(14)23-20(15)22-11)17-9-13-8-12(2)24-18(13)10-21-17;1-2-6-10(7-3-1)11-8-4-5-9-12-11;/h3-4,6-10H,1-2H3;1-6,8-9H;/q2*-1;. The molecule has 0 atom stereocenters. The van der Waals surface area contributed by atoms with Crippen molar-refractivity contribution in [1.82, 2.24) is 15.0 Å². The minimum Gasteiger partial charge on any atom is -0.486 e. The smallest absolute Gasteiger partial charge is 0.216 e. The van der Waals surface area contributed by atoms with Crippen molar-refractivity contribution in [3.63, 3.8) is 0 Å². The minimum atomic E-state index is 0.